The molecule has 3 heteroatoms. The highest BCUT2D eigenvalue weighted by molar-refractivity contribution is 9.10. The average molecular weight is 311 g/mol. The van der Waals surface area contributed by atoms with Gasteiger partial charge < -0.3 is 9.84 Å². The minimum absolute atomic E-state index is 0.299. The van der Waals surface area contributed by atoms with Gasteiger partial charge in [-0.15, -0.1) is 0 Å². The Morgan fingerprint density at radius 1 is 1.39 bits per heavy atom. The van der Waals surface area contributed by atoms with Crippen molar-refractivity contribution in [3.05, 3.63) is 28.2 Å². The molecule has 3 atom stereocenters. The summed E-state index contributed by atoms with van der Waals surface area (Å²) in [5, 5.41) is 10.4. The summed E-state index contributed by atoms with van der Waals surface area (Å²) in [4.78, 5) is 0. The standard InChI is InChI=1S/C15H19BrO2/c1-2-18-13-7-6-9(8-12(13)16)15(17)14-10-4-3-5-11(10)14/h6-8,10-11,14-15,17H,2-5H2,1H3. The first-order chi connectivity index (χ1) is 8.72. The first kappa shape index (κ1) is 12.5. The molecule has 0 spiro atoms. The summed E-state index contributed by atoms with van der Waals surface area (Å²) in [7, 11) is 0. The topological polar surface area (TPSA) is 29.5 Å². The molecule has 1 N–H and O–H groups in total. The van der Waals surface area contributed by atoms with Crippen LogP contribution in [-0.4, -0.2) is 11.7 Å². The highest BCUT2D eigenvalue weighted by atomic mass is 79.9. The van der Waals surface area contributed by atoms with Crippen LogP contribution >= 0.6 is 15.9 Å². The fourth-order valence-corrected chi connectivity index (χ4v) is 4.05. The monoisotopic (exact) mass is 310 g/mol. The summed E-state index contributed by atoms with van der Waals surface area (Å²) in [6.07, 6.45) is 3.67. The van der Waals surface area contributed by atoms with Gasteiger partial charge in [-0.05, 0) is 71.1 Å². The molecule has 2 saturated carbocycles. The lowest BCUT2D eigenvalue weighted by Crippen LogP contribution is -2.04. The van der Waals surface area contributed by atoms with Crippen LogP contribution in [0.5, 0.6) is 5.75 Å². The van der Waals surface area contributed by atoms with E-state index in [4.69, 9.17) is 4.74 Å². The maximum atomic E-state index is 10.4. The van der Waals surface area contributed by atoms with Gasteiger partial charge in [0.05, 0.1) is 17.2 Å². The van der Waals surface area contributed by atoms with E-state index in [2.05, 4.69) is 15.9 Å². The van der Waals surface area contributed by atoms with E-state index >= 15 is 0 Å². The van der Waals surface area contributed by atoms with Crippen molar-refractivity contribution in [1.82, 2.24) is 0 Å². The number of aliphatic hydroxyl groups excluding tert-OH is 1. The van der Waals surface area contributed by atoms with Crippen LogP contribution in [0.3, 0.4) is 0 Å². The molecule has 0 heterocycles. The molecule has 18 heavy (non-hydrogen) atoms. The second-order valence-corrected chi connectivity index (χ2v) is 6.26. The Bertz CT molecular complexity index is 436. The molecule has 3 rings (SSSR count). The van der Waals surface area contributed by atoms with Gasteiger partial charge in [0.2, 0.25) is 0 Å². The van der Waals surface area contributed by atoms with Crippen LogP contribution in [0.2, 0.25) is 0 Å². The van der Waals surface area contributed by atoms with E-state index in [1.165, 1.54) is 19.3 Å². The normalized spacial score (nSPS) is 30.9. The quantitative estimate of drug-likeness (QED) is 0.913. The van der Waals surface area contributed by atoms with Crippen molar-refractivity contribution in [3.63, 3.8) is 0 Å². The van der Waals surface area contributed by atoms with E-state index in [0.717, 1.165) is 27.6 Å². The van der Waals surface area contributed by atoms with Crippen molar-refractivity contribution in [2.75, 3.05) is 6.61 Å². The van der Waals surface area contributed by atoms with Gasteiger partial charge in [0, 0.05) is 0 Å². The van der Waals surface area contributed by atoms with Gasteiger partial charge in [-0.25, -0.2) is 0 Å². The smallest absolute Gasteiger partial charge is 0.133 e. The highest BCUT2D eigenvalue weighted by Crippen LogP contribution is 2.62. The number of ether oxygens (including phenoxy) is 1. The van der Waals surface area contributed by atoms with Gasteiger partial charge >= 0.3 is 0 Å². The second kappa shape index (κ2) is 4.86. The molecule has 3 unspecified atom stereocenters. The number of halogens is 1. The van der Waals surface area contributed by atoms with Crippen molar-refractivity contribution >= 4 is 15.9 Å². The van der Waals surface area contributed by atoms with Gasteiger partial charge in [0.15, 0.2) is 0 Å². The molecule has 2 nitrogen and oxygen atoms in total. The molecule has 2 fully saturated rings. The second-order valence-electron chi connectivity index (χ2n) is 5.40. The van der Waals surface area contributed by atoms with Crippen LogP contribution in [0.25, 0.3) is 0 Å². The molecule has 0 amide bonds. The Morgan fingerprint density at radius 3 is 2.72 bits per heavy atom. The number of benzene rings is 1. The van der Waals surface area contributed by atoms with Gasteiger partial charge in [-0.2, -0.15) is 0 Å². The fourth-order valence-electron chi connectivity index (χ4n) is 3.54. The third-order valence-corrected chi connectivity index (χ3v) is 5.05. The van der Waals surface area contributed by atoms with Crippen LogP contribution in [0.4, 0.5) is 0 Å². The summed E-state index contributed by atoms with van der Waals surface area (Å²) in [5.41, 5.74) is 1.02. The Hall–Kier alpha value is -0.540. The van der Waals surface area contributed by atoms with Crippen molar-refractivity contribution in [3.8, 4) is 5.75 Å². The zero-order valence-corrected chi connectivity index (χ0v) is 12.2. The van der Waals surface area contributed by atoms with E-state index in [1.807, 2.05) is 25.1 Å². The fraction of sp³-hybridized carbons (Fsp3) is 0.600. The third kappa shape index (κ3) is 2.08. The number of aliphatic hydroxyl groups is 1. The molecular formula is C15H19BrO2. The lowest BCUT2D eigenvalue weighted by atomic mass is 9.99. The van der Waals surface area contributed by atoms with Gasteiger partial charge in [-0.3, -0.25) is 0 Å². The van der Waals surface area contributed by atoms with Gasteiger partial charge in [-0.1, -0.05) is 12.5 Å². The van der Waals surface area contributed by atoms with Gasteiger partial charge in [0.25, 0.3) is 0 Å². The van der Waals surface area contributed by atoms with Crippen LogP contribution < -0.4 is 4.74 Å². The van der Waals surface area contributed by atoms with E-state index in [1.54, 1.807) is 0 Å². The third-order valence-electron chi connectivity index (χ3n) is 4.43. The van der Waals surface area contributed by atoms with Crippen molar-refractivity contribution < 1.29 is 9.84 Å². The molecule has 2 aliphatic carbocycles. The molecule has 98 valence electrons. The maximum Gasteiger partial charge on any atom is 0.133 e. The molecule has 2 aliphatic rings. The van der Waals surface area contributed by atoms with Crippen molar-refractivity contribution in [1.29, 1.82) is 0 Å². The maximum absolute atomic E-state index is 10.4. The lowest BCUT2D eigenvalue weighted by Gasteiger charge is -2.15. The van der Waals surface area contributed by atoms with E-state index in [-0.39, 0.29) is 6.10 Å². The summed E-state index contributed by atoms with van der Waals surface area (Å²) in [6.45, 7) is 2.63. The molecule has 1 aromatic rings. The Balaban J connectivity index is 1.74. The summed E-state index contributed by atoms with van der Waals surface area (Å²) in [6, 6.07) is 5.95. The van der Waals surface area contributed by atoms with Crippen LogP contribution in [-0.2, 0) is 0 Å². The van der Waals surface area contributed by atoms with Crippen LogP contribution in [0.1, 0.15) is 37.9 Å². The Kier molecular flexibility index (Phi) is 3.37. The van der Waals surface area contributed by atoms with Crippen molar-refractivity contribution in [2.45, 2.75) is 32.3 Å². The number of hydrogen-bond acceptors (Lipinski definition) is 2. The molecule has 1 aromatic carbocycles. The molecule has 0 radical (unpaired) electrons. The average Bonchev–Trinajstić information content (AvgIpc) is 2.84. The predicted octanol–water partition coefficient (Wildman–Crippen LogP) is 3.93. The highest BCUT2D eigenvalue weighted by Gasteiger charge is 2.55. The molecular weight excluding hydrogens is 292 g/mol. The Morgan fingerprint density at radius 2 is 2.11 bits per heavy atom. The number of rotatable bonds is 4. The zero-order chi connectivity index (χ0) is 12.7. The first-order valence-corrected chi connectivity index (χ1v) is 7.62. The van der Waals surface area contributed by atoms with E-state index in [0.29, 0.717) is 12.5 Å². The van der Waals surface area contributed by atoms with E-state index < -0.39 is 0 Å². The van der Waals surface area contributed by atoms with Gasteiger partial charge in [0.1, 0.15) is 5.75 Å². The SMILES string of the molecule is CCOc1ccc(C(O)C2C3CCCC32)cc1Br. The minimum Gasteiger partial charge on any atom is -0.493 e. The molecule has 0 saturated heterocycles. The zero-order valence-electron chi connectivity index (χ0n) is 10.6. The molecule has 0 bridgehead atoms. The first-order valence-electron chi connectivity index (χ1n) is 6.82. The predicted molar refractivity (Wildman–Crippen MR) is 74.6 cm³/mol. The Labute approximate surface area is 116 Å². The minimum atomic E-state index is -0.299. The largest absolute Gasteiger partial charge is 0.493 e. The van der Waals surface area contributed by atoms with Crippen molar-refractivity contribution in [2.24, 2.45) is 17.8 Å². The van der Waals surface area contributed by atoms with Crippen LogP contribution in [0, 0.1) is 17.8 Å². The summed E-state index contributed by atoms with van der Waals surface area (Å²) >= 11 is 3.51. The molecule has 0 aliphatic heterocycles. The number of fused-ring (bicyclic) bond motifs is 1. The van der Waals surface area contributed by atoms with Crippen LogP contribution in [0.15, 0.2) is 22.7 Å². The summed E-state index contributed by atoms with van der Waals surface area (Å²) < 4.78 is 6.43. The lowest BCUT2D eigenvalue weighted by molar-refractivity contribution is 0.137. The summed E-state index contributed by atoms with van der Waals surface area (Å²) in [5.74, 6) is 2.92. The number of hydrogen-bond donors (Lipinski definition) is 1. The van der Waals surface area contributed by atoms with E-state index in [9.17, 15) is 5.11 Å². The molecule has 0 aromatic heterocycles.